The summed E-state index contributed by atoms with van der Waals surface area (Å²) < 4.78 is 0. The van der Waals surface area contributed by atoms with Gasteiger partial charge in [-0.2, -0.15) is 0 Å². The van der Waals surface area contributed by atoms with Crippen LogP contribution in [0.15, 0.2) is 47.6 Å². The molecule has 0 aliphatic heterocycles. The highest BCUT2D eigenvalue weighted by atomic mass is 14.0. The predicted octanol–water partition coefficient (Wildman–Crippen LogP) is 4.42. The Morgan fingerprint density at radius 2 is 1.85 bits per heavy atom. The SMILES string of the molecule is C=CC(=C\C(=C/C)CC)/C(C)=C/C. The van der Waals surface area contributed by atoms with Crippen LogP contribution >= 0.6 is 0 Å². The molecule has 0 nitrogen and oxygen atoms in total. The predicted molar refractivity (Wildman–Crippen MR) is 61.8 cm³/mol. The summed E-state index contributed by atoms with van der Waals surface area (Å²) >= 11 is 0. The van der Waals surface area contributed by atoms with E-state index in [2.05, 4.69) is 45.6 Å². The lowest BCUT2D eigenvalue weighted by atomic mass is 10.0. The van der Waals surface area contributed by atoms with E-state index in [0.717, 1.165) is 6.42 Å². The summed E-state index contributed by atoms with van der Waals surface area (Å²) in [5.41, 5.74) is 3.86. The van der Waals surface area contributed by atoms with Crippen molar-refractivity contribution >= 4 is 0 Å². The van der Waals surface area contributed by atoms with Gasteiger partial charge < -0.3 is 0 Å². The first kappa shape index (κ1) is 12.0. The molecular weight excluding hydrogens is 156 g/mol. The minimum Gasteiger partial charge on any atom is -0.0985 e. The van der Waals surface area contributed by atoms with Gasteiger partial charge in [0.1, 0.15) is 0 Å². The average Bonchev–Trinajstić information content (AvgIpc) is 2.19. The minimum absolute atomic E-state index is 1.07. The van der Waals surface area contributed by atoms with E-state index in [1.165, 1.54) is 16.7 Å². The molecule has 0 saturated carbocycles. The van der Waals surface area contributed by atoms with E-state index >= 15 is 0 Å². The van der Waals surface area contributed by atoms with Gasteiger partial charge >= 0.3 is 0 Å². The summed E-state index contributed by atoms with van der Waals surface area (Å²) in [6, 6.07) is 0. The zero-order chi connectivity index (χ0) is 10.3. The Balaban J connectivity index is 4.86. The highest BCUT2D eigenvalue weighted by Crippen LogP contribution is 2.14. The molecule has 0 bridgehead atoms. The molecule has 0 unspecified atom stereocenters. The second kappa shape index (κ2) is 6.47. The van der Waals surface area contributed by atoms with Gasteiger partial charge in [-0.15, -0.1) is 0 Å². The van der Waals surface area contributed by atoms with Crippen molar-refractivity contribution in [3.05, 3.63) is 47.6 Å². The van der Waals surface area contributed by atoms with Crippen LogP contribution in [0.3, 0.4) is 0 Å². The third kappa shape index (κ3) is 3.93. The van der Waals surface area contributed by atoms with Gasteiger partial charge in [-0.1, -0.05) is 43.4 Å². The largest absolute Gasteiger partial charge is 0.0985 e. The number of allylic oxidation sites excluding steroid dienone is 7. The number of hydrogen-bond acceptors (Lipinski definition) is 0. The molecule has 0 atom stereocenters. The third-order valence-electron chi connectivity index (χ3n) is 2.23. The lowest BCUT2D eigenvalue weighted by molar-refractivity contribution is 1.13. The van der Waals surface area contributed by atoms with Crippen molar-refractivity contribution in [2.45, 2.75) is 34.1 Å². The first-order valence-corrected chi connectivity index (χ1v) is 4.82. The minimum atomic E-state index is 1.07. The molecule has 0 aliphatic carbocycles. The smallest absolute Gasteiger partial charge is 0.0234 e. The molecule has 13 heavy (non-hydrogen) atoms. The van der Waals surface area contributed by atoms with E-state index in [4.69, 9.17) is 0 Å². The molecule has 0 aromatic rings. The van der Waals surface area contributed by atoms with Crippen LogP contribution in [0.1, 0.15) is 34.1 Å². The second-order valence-electron chi connectivity index (χ2n) is 2.99. The van der Waals surface area contributed by atoms with Gasteiger partial charge in [-0.05, 0) is 38.3 Å². The van der Waals surface area contributed by atoms with Crippen LogP contribution in [0.25, 0.3) is 0 Å². The number of hydrogen-bond donors (Lipinski definition) is 0. The fourth-order valence-corrected chi connectivity index (χ4v) is 1.09. The molecule has 0 aromatic carbocycles. The van der Waals surface area contributed by atoms with Gasteiger partial charge in [0.2, 0.25) is 0 Å². The lowest BCUT2D eigenvalue weighted by Gasteiger charge is -2.03. The lowest BCUT2D eigenvalue weighted by Crippen LogP contribution is -1.83. The second-order valence-corrected chi connectivity index (χ2v) is 2.99. The quantitative estimate of drug-likeness (QED) is 0.556. The van der Waals surface area contributed by atoms with E-state index in [1.54, 1.807) is 0 Å². The molecule has 0 rings (SSSR count). The molecule has 0 spiro atoms. The van der Waals surface area contributed by atoms with Crippen molar-refractivity contribution < 1.29 is 0 Å². The van der Waals surface area contributed by atoms with E-state index in [1.807, 2.05) is 13.0 Å². The Morgan fingerprint density at radius 1 is 1.23 bits per heavy atom. The highest BCUT2D eigenvalue weighted by Gasteiger charge is 1.94. The maximum absolute atomic E-state index is 3.82. The maximum atomic E-state index is 3.82. The van der Waals surface area contributed by atoms with Crippen molar-refractivity contribution in [2.75, 3.05) is 0 Å². The summed E-state index contributed by atoms with van der Waals surface area (Å²) in [6.07, 6.45) is 9.44. The Bertz CT molecular complexity index is 249. The van der Waals surface area contributed by atoms with Crippen LogP contribution in [0.5, 0.6) is 0 Å². The van der Waals surface area contributed by atoms with Crippen LogP contribution in [0.4, 0.5) is 0 Å². The van der Waals surface area contributed by atoms with Gasteiger partial charge in [-0.25, -0.2) is 0 Å². The Labute approximate surface area is 82.4 Å². The van der Waals surface area contributed by atoms with Crippen molar-refractivity contribution in [3.63, 3.8) is 0 Å². The summed E-state index contributed by atoms with van der Waals surface area (Å²) in [5.74, 6) is 0. The van der Waals surface area contributed by atoms with Gasteiger partial charge in [-0.3, -0.25) is 0 Å². The summed E-state index contributed by atoms with van der Waals surface area (Å²) in [7, 11) is 0. The standard InChI is InChI=1S/C13H20/c1-6-11(5)13(9-4)10-12(7-2)8-3/h6-7,9-10H,4,8H2,1-3,5H3/b11-6+,12-7-,13-10+. The number of rotatable bonds is 4. The molecule has 0 aromatic heterocycles. The topological polar surface area (TPSA) is 0 Å². The van der Waals surface area contributed by atoms with E-state index in [-0.39, 0.29) is 0 Å². The van der Waals surface area contributed by atoms with E-state index in [9.17, 15) is 0 Å². The van der Waals surface area contributed by atoms with Gasteiger partial charge in [0.15, 0.2) is 0 Å². The summed E-state index contributed by atoms with van der Waals surface area (Å²) in [6.45, 7) is 12.2. The normalized spacial score (nSPS) is 14.6. The molecular formula is C13H20. The molecule has 0 radical (unpaired) electrons. The van der Waals surface area contributed by atoms with Crippen LogP contribution in [-0.4, -0.2) is 0 Å². The average molecular weight is 176 g/mol. The molecule has 0 heteroatoms. The summed E-state index contributed by atoms with van der Waals surface area (Å²) in [4.78, 5) is 0. The Hall–Kier alpha value is -1.04. The Kier molecular flexibility index (Phi) is 5.96. The molecule has 72 valence electrons. The van der Waals surface area contributed by atoms with E-state index in [0.29, 0.717) is 0 Å². The molecule has 0 fully saturated rings. The van der Waals surface area contributed by atoms with Crippen LogP contribution in [-0.2, 0) is 0 Å². The van der Waals surface area contributed by atoms with Crippen molar-refractivity contribution in [1.29, 1.82) is 0 Å². The first-order chi connectivity index (χ1) is 6.19. The monoisotopic (exact) mass is 176 g/mol. The Morgan fingerprint density at radius 3 is 2.15 bits per heavy atom. The van der Waals surface area contributed by atoms with Gasteiger partial charge in [0.05, 0.1) is 0 Å². The van der Waals surface area contributed by atoms with Crippen molar-refractivity contribution in [3.8, 4) is 0 Å². The molecule has 0 amide bonds. The van der Waals surface area contributed by atoms with Gasteiger partial charge in [0.25, 0.3) is 0 Å². The highest BCUT2D eigenvalue weighted by molar-refractivity contribution is 5.42. The molecule has 0 saturated heterocycles. The van der Waals surface area contributed by atoms with E-state index < -0.39 is 0 Å². The van der Waals surface area contributed by atoms with Gasteiger partial charge in [0, 0.05) is 0 Å². The zero-order valence-corrected chi connectivity index (χ0v) is 9.22. The molecule has 0 aliphatic rings. The zero-order valence-electron chi connectivity index (χ0n) is 9.22. The van der Waals surface area contributed by atoms with Crippen molar-refractivity contribution in [2.24, 2.45) is 0 Å². The molecule has 0 N–H and O–H groups in total. The van der Waals surface area contributed by atoms with Crippen LogP contribution in [0.2, 0.25) is 0 Å². The third-order valence-corrected chi connectivity index (χ3v) is 2.23. The van der Waals surface area contributed by atoms with Crippen LogP contribution in [0, 0.1) is 0 Å². The molecule has 0 heterocycles. The maximum Gasteiger partial charge on any atom is -0.0234 e. The fourth-order valence-electron chi connectivity index (χ4n) is 1.09. The van der Waals surface area contributed by atoms with Crippen molar-refractivity contribution in [1.82, 2.24) is 0 Å². The van der Waals surface area contributed by atoms with Crippen LogP contribution < -0.4 is 0 Å². The first-order valence-electron chi connectivity index (χ1n) is 4.82. The fraction of sp³-hybridized carbons (Fsp3) is 0.385. The summed E-state index contributed by atoms with van der Waals surface area (Å²) in [5, 5.41) is 0.